The Morgan fingerprint density at radius 1 is 1.15 bits per heavy atom. The standard InChI is InChI=1S/C15H25FN2O2/c16-12-4-3-6-13(12)18(11-7-9-20-10-11)14-5-1-2-8-17-15(14)19/h11-14H,1-10H2,(H,17,19)/t11?,12-,13-,14?/m1/s1. The summed E-state index contributed by atoms with van der Waals surface area (Å²) in [6, 6.07) is -0.0358. The molecule has 2 aliphatic heterocycles. The Kier molecular flexibility index (Phi) is 4.56. The molecule has 5 heteroatoms. The van der Waals surface area contributed by atoms with Crippen molar-refractivity contribution in [3.63, 3.8) is 0 Å². The molecule has 2 unspecified atom stereocenters. The van der Waals surface area contributed by atoms with Crippen LogP contribution in [0.15, 0.2) is 0 Å². The molecular formula is C15H25FN2O2. The van der Waals surface area contributed by atoms with Crippen LogP contribution in [0.3, 0.4) is 0 Å². The van der Waals surface area contributed by atoms with Crippen LogP contribution < -0.4 is 5.32 Å². The van der Waals surface area contributed by atoms with Crippen LogP contribution in [0.4, 0.5) is 4.39 Å². The topological polar surface area (TPSA) is 41.6 Å². The van der Waals surface area contributed by atoms with Crippen molar-refractivity contribution in [1.29, 1.82) is 0 Å². The SMILES string of the molecule is O=C1NCCCCC1N(C1CCOC1)[C@@H]1CCC[C@H]1F. The summed E-state index contributed by atoms with van der Waals surface area (Å²) in [6.07, 6.45) is 5.51. The predicted octanol–water partition coefficient (Wildman–Crippen LogP) is 1.64. The number of rotatable bonds is 3. The molecule has 3 fully saturated rings. The van der Waals surface area contributed by atoms with Crippen molar-refractivity contribution in [3.05, 3.63) is 0 Å². The van der Waals surface area contributed by atoms with Gasteiger partial charge in [0.25, 0.3) is 0 Å². The molecule has 2 heterocycles. The van der Waals surface area contributed by atoms with E-state index in [0.717, 1.165) is 51.7 Å². The van der Waals surface area contributed by atoms with Crippen LogP contribution in [0.25, 0.3) is 0 Å². The van der Waals surface area contributed by atoms with E-state index < -0.39 is 6.17 Å². The second kappa shape index (κ2) is 6.39. The number of hydrogen-bond donors (Lipinski definition) is 1. The number of carbonyl (C=O) groups excluding carboxylic acids is 1. The highest BCUT2D eigenvalue weighted by molar-refractivity contribution is 5.82. The van der Waals surface area contributed by atoms with Crippen LogP contribution in [-0.4, -0.2) is 54.9 Å². The minimum Gasteiger partial charge on any atom is -0.380 e. The summed E-state index contributed by atoms with van der Waals surface area (Å²) in [4.78, 5) is 14.5. The van der Waals surface area contributed by atoms with E-state index >= 15 is 0 Å². The Labute approximate surface area is 120 Å². The van der Waals surface area contributed by atoms with Crippen molar-refractivity contribution in [1.82, 2.24) is 10.2 Å². The molecule has 0 aromatic heterocycles. The number of carbonyl (C=O) groups is 1. The zero-order valence-corrected chi connectivity index (χ0v) is 12.0. The highest BCUT2D eigenvalue weighted by Crippen LogP contribution is 2.33. The molecule has 0 spiro atoms. The summed E-state index contributed by atoms with van der Waals surface area (Å²) in [6.45, 7) is 2.14. The van der Waals surface area contributed by atoms with Gasteiger partial charge in [-0.2, -0.15) is 0 Å². The van der Waals surface area contributed by atoms with E-state index in [-0.39, 0.29) is 24.0 Å². The Balaban J connectivity index is 1.81. The van der Waals surface area contributed by atoms with Crippen LogP contribution in [-0.2, 0) is 9.53 Å². The van der Waals surface area contributed by atoms with Gasteiger partial charge in [-0.1, -0.05) is 0 Å². The maximum Gasteiger partial charge on any atom is 0.237 e. The predicted molar refractivity (Wildman–Crippen MR) is 74.2 cm³/mol. The average Bonchev–Trinajstić information content (AvgIpc) is 3.05. The molecule has 2 saturated heterocycles. The monoisotopic (exact) mass is 284 g/mol. The Morgan fingerprint density at radius 2 is 2.05 bits per heavy atom. The van der Waals surface area contributed by atoms with Gasteiger partial charge in [-0.3, -0.25) is 9.69 Å². The number of halogens is 1. The molecule has 0 aromatic carbocycles. The Bertz CT molecular complexity index is 347. The van der Waals surface area contributed by atoms with Gasteiger partial charge in [0.05, 0.1) is 12.6 Å². The summed E-state index contributed by atoms with van der Waals surface area (Å²) in [5, 5.41) is 2.99. The van der Waals surface area contributed by atoms with Crippen LogP contribution in [0, 0.1) is 0 Å². The summed E-state index contributed by atoms with van der Waals surface area (Å²) in [5.74, 6) is 0.0912. The molecule has 0 radical (unpaired) electrons. The molecule has 3 aliphatic rings. The van der Waals surface area contributed by atoms with Gasteiger partial charge < -0.3 is 10.1 Å². The van der Waals surface area contributed by atoms with Gasteiger partial charge in [-0.05, 0) is 44.9 Å². The van der Waals surface area contributed by atoms with Crippen LogP contribution >= 0.6 is 0 Å². The van der Waals surface area contributed by atoms with Gasteiger partial charge in [-0.25, -0.2) is 4.39 Å². The Hall–Kier alpha value is -0.680. The first kappa shape index (κ1) is 14.3. The lowest BCUT2D eigenvalue weighted by atomic mass is 10.0. The smallest absolute Gasteiger partial charge is 0.237 e. The Morgan fingerprint density at radius 3 is 2.75 bits per heavy atom. The third-order valence-corrected chi connectivity index (χ3v) is 4.97. The minimum absolute atomic E-state index is 0.0875. The summed E-state index contributed by atoms with van der Waals surface area (Å²) in [7, 11) is 0. The zero-order chi connectivity index (χ0) is 13.9. The molecular weight excluding hydrogens is 259 g/mol. The fourth-order valence-electron chi connectivity index (χ4n) is 3.95. The third kappa shape index (κ3) is 2.84. The molecule has 4 atom stereocenters. The van der Waals surface area contributed by atoms with Crippen molar-refractivity contribution in [2.24, 2.45) is 0 Å². The molecule has 3 rings (SSSR count). The molecule has 20 heavy (non-hydrogen) atoms. The number of alkyl halides is 1. The van der Waals surface area contributed by atoms with Gasteiger partial charge >= 0.3 is 0 Å². The summed E-state index contributed by atoms with van der Waals surface area (Å²) < 4.78 is 19.8. The molecule has 0 aromatic rings. The molecule has 0 bridgehead atoms. The first-order valence-corrected chi connectivity index (χ1v) is 8.04. The number of nitrogens with zero attached hydrogens (tertiary/aromatic N) is 1. The fraction of sp³-hybridized carbons (Fsp3) is 0.933. The van der Waals surface area contributed by atoms with Crippen molar-refractivity contribution < 1.29 is 13.9 Å². The van der Waals surface area contributed by atoms with Crippen molar-refractivity contribution in [2.45, 2.75) is 69.2 Å². The van der Waals surface area contributed by atoms with E-state index in [1.807, 2.05) is 0 Å². The summed E-state index contributed by atoms with van der Waals surface area (Å²) in [5.41, 5.74) is 0. The fourth-order valence-corrected chi connectivity index (χ4v) is 3.95. The van der Waals surface area contributed by atoms with Gasteiger partial charge in [0, 0.05) is 25.2 Å². The van der Waals surface area contributed by atoms with Crippen molar-refractivity contribution in [3.8, 4) is 0 Å². The number of amides is 1. The molecule has 4 nitrogen and oxygen atoms in total. The van der Waals surface area contributed by atoms with E-state index in [4.69, 9.17) is 4.74 Å². The third-order valence-electron chi connectivity index (χ3n) is 4.97. The second-order valence-electron chi connectivity index (χ2n) is 6.28. The highest BCUT2D eigenvalue weighted by atomic mass is 19.1. The number of hydrogen-bond acceptors (Lipinski definition) is 3. The maximum atomic E-state index is 14.3. The lowest BCUT2D eigenvalue weighted by Crippen LogP contribution is -2.56. The normalized spacial score (nSPS) is 39.0. The molecule has 114 valence electrons. The van der Waals surface area contributed by atoms with Crippen molar-refractivity contribution >= 4 is 5.91 Å². The maximum absolute atomic E-state index is 14.3. The first-order chi connectivity index (χ1) is 9.77. The lowest BCUT2D eigenvalue weighted by Gasteiger charge is -2.39. The quantitative estimate of drug-likeness (QED) is 0.856. The molecule has 1 N–H and O–H groups in total. The first-order valence-electron chi connectivity index (χ1n) is 8.04. The van der Waals surface area contributed by atoms with E-state index in [2.05, 4.69) is 10.2 Å². The molecule has 1 aliphatic carbocycles. The molecule has 1 saturated carbocycles. The van der Waals surface area contributed by atoms with Crippen LogP contribution in [0.5, 0.6) is 0 Å². The minimum atomic E-state index is -0.786. The zero-order valence-electron chi connectivity index (χ0n) is 12.0. The van der Waals surface area contributed by atoms with Crippen LogP contribution in [0.2, 0.25) is 0 Å². The number of nitrogens with one attached hydrogen (secondary N) is 1. The number of ether oxygens (including phenoxy) is 1. The summed E-state index contributed by atoms with van der Waals surface area (Å²) >= 11 is 0. The van der Waals surface area contributed by atoms with E-state index in [0.29, 0.717) is 13.0 Å². The van der Waals surface area contributed by atoms with Gasteiger partial charge in [-0.15, -0.1) is 0 Å². The largest absolute Gasteiger partial charge is 0.380 e. The van der Waals surface area contributed by atoms with E-state index in [1.165, 1.54) is 0 Å². The average molecular weight is 284 g/mol. The highest BCUT2D eigenvalue weighted by Gasteiger charge is 2.43. The van der Waals surface area contributed by atoms with Gasteiger partial charge in [0.15, 0.2) is 0 Å². The van der Waals surface area contributed by atoms with Gasteiger partial charge in [0.2, 0.25) is 5.91 Å². The van der Waals surface area contributed by atoms with Crippen molar-refractivity contribution in [2.75, 3.05) is 19.8 Å². The van der Waals surface area contributed by atoms with E-state index in [9.17, 15) is 9.18 Å². The van der Waals surface area contributed by atoms with Crippen LogP contribution in [0.1, 0.15) is 44.9 Å². The van der Waals surface area contributed by atoms with Gasteiger partial charge in [0.1, 0.15) is 6.17 Å². The van der Waals surface area contributed by atoms with E-state index in [1.54, 1.807) is 0 Å². The lowest BCUT2D eigenvalue weighted by molar-refractivity contribution is -0.129. The second-order valence-corrected chi connectivity index (χ2v) is 6.28. The molecule has 1 amide bonds.